The molecule has 4 rings (SSSR count). The molecule has 0 N–H and O–H groups in total. The summed E-state index contributed by atoms with van der Waals surface area (Å²) >= 11 is 0. The van der Waals surface area contributed by atoms with Crippen molar-refractivity contribution in [2.24, 2.45) is 52.3 Å². The Labute approximate surface area is 239 Å². The van der Waals surface area contributed by atoms with E-state index in [1.165, 1.54) is 101 Å². The van der Waals surface area contributed by atoms with Gasteiger partial charge in [-0.1, -0.05) is 103 Å². The standard InChI is InChI=1S/C36H60.C2H6/c1-9-26(4)13-14-27(5)23-29-19-21-35(7)30(24-29)15-16-31-33-18-17-32(28(6)12-10-11-25(2)3)36(33,8)22-20-34(31)35;1-2/h9,15,25,28-29,31-34H,5,10-14,16-24H2,1-4,6-8H3;1-2H3/b26-9+;. The zero-order valence-electron chi connectivity index (χ0n) is 27.3. The number of hydrogen-bond donors (Lipinski definition) is 0. The normalized spacial score (nSPS) is 37.4. The molecule has 38 heavy (non-hydrogen) atoms. The SMILES string of the molecule is C=C(CC/C(C)=C/C)CC1CCC2(C)C(=CCC3C2CCC2(C)C(C(C)CCCC(C)C)CCC32)C1.CC. The third kappa shape index (κ3) is 6.74. The number of hydrogen-bond acceptors (Lipinski definition) is 0. The van der Waals surface area contributed by atoms with Gasteiger partial charge in [-0.25, -0.2) is 0 Å². The van der Waals surface area contributed by atoms with Crippen LogP contribution in [0, 0.1) is 52.3 Å². The molecule has 0 bridgehead atoms. The van der Waals surface area contributed by atoms with Gasteiger partial charge in [0.2, 0.25) is 0 Å². The summed E-state index contributed by atoms with van der Waals surface area (Å²) in [7, 11) is 0. The molecule has 3 saturated carbocycles. The van der Waals surface area contributed by atoms with Crippen molar-refractivity contribution in [1.82, 2.24) is 0 Å². The fraction of sp³-hybridized carbons (Fsp3) is 0.842. The van der Waals surface area contributed by atoms with Crippen molar-refractivity contribution in [3.8, 4) is 0 Å². The Hall–Kier alpha value is -0.780. The molecule has 0 heterocycles. The molecule has 0 nitrogen and oxygen atoms in total. The largest absolute Gasteiger partial charge is 0.0998 e. The van der Waals surface area contributed by atoms with Gasteiger partial charge >= 0.3 is 0 Å². The monoisotopic (exact) mass is 523 g/mol. The summed E-state index contributed by atoms with van der Waals surface area (Å²) in [4.78, 5) is 0. The molecule has 4 aliphatic rings. The van der Waals surface area contributed by atoms with Crippen molar-refractivity contribution < 1.29 is 0 Å². The maximum absolute atomic E-state index is 4.49. The van der Waals surface area contributed by atoms with Crippen LogP contribution in [0.1, 0.15) is 152 Å². The highest BCUT2D eigenvalue weighted by molar-refractivity contribution is 5.25. The van der Waals surface area contributed by atoms with Gasteiger partial charge in [-0.3, -0.25) is 0 Å². The second-order valence-corrected chi connectivity index (χ2v) is 15.0. The quantitative estimate of drug-likeness (QED) is 0.250. The summed E-state index contributed by atoms with van der Waals surface area (Å²) in [6.45, 7) is 25.7. The first-order valence-electron chi connectivity index (χ1n) is 17.1. The maximum atomic E-state index is 4.49. The lowest BCUT2D eigenvalue weighted by atomic mass is 9.46. The molecule has 0 aromatic carbocycles. The highest BCUT2D eigenvalue weighted by atomic mass is 14.6. The van der Waals surface area contributed by atoms with E-state index >= 15 is 0 Å². The van der Waals surface area contributed by atoms with Crippen LogP contribution in [-0.4, -0.2) is 0 Å². The van der Waals surface area contributed by atoms with E-state index in [1.807, 2.05) is 19.4 Å². The smallest absolute Gasteiger partial charge is 0.00851 e. The zero-order chi connectivity index (χ0) is 28.1. The van der Waals surface area contributed by atoms with Crippen molar-refractivity contribution in [1.29, 1.82) is 0 Å². The highest BCUT2D eigenvalue weighted by Crippen LogP contribution is 2.67. The summed E-state index contributed by atoms with van der Waals surface area (Å²) in [5, 5.41) is 0. The van der Waals surface area contributed by atoms with Crippen LogP contribution in [0.5, 0.6) is 0 Å². The summed E-state index contributed by atoms with van der Waals surface area (Å²) in [5.41, 5.74) is 5.96. The molecule has 8 atom stereocenters. The molecule has 8 unspecified atom stereocenters. The second kappa shape index (κ2) is 13.7. The number of rotatable bonds is 10. The van der Waals surface area contributed by atoms with Crippen LogP contribution in [0.4, 0.5) is 0 Å². The van der Waals surface area contributed by atoms with Crippen LogP contribution >= 0.6 is 0 Å². The first-order chi connectivity index (χ1) is 18.1. The fourth-order valence-corrected chi connectivity index (χ4v) is 9.96. The van der Waals surface area contributed by atoms with Gasteiger partial charge in [-0.2, -0.15) is 0 Å². The minimum absolute atomic E-state index is 0.491. The number of allylic oxidation sites excluding steroid dienone is 5. The highest BCUT2D eigenvalue weighted by Gasteiger charge is 2.59. The molecule has 0 spiro atoms. The maximum Gasteiger partial charge on any atom is -0.00851 e. The van der Waals surface area contributed by atoms with E-state index < -0.39 is 0 Å². The third-order valence-corrected chi connectivity index (χ3v) is 12.4. The van der Waals surface area contributed by atoms with Crippen LogP contribution in [-0.2, 0) is 0 Å². The van der Waals surface area contributed by atoms with Crippen LogP contribution in [0.3, 0.4) is 0 Å². The lowest BCUT2D eigenvalue weighted by molar-refractivity contribution is -0.0527. The minimum Gasteiger partial charge on any atom is -0.0998 e. The first kappa shape index (κ1) is 31.7. The van der Waals surface area contributed by atoms with Gasteiger partial charge in [0.15, 0.2) is 0 Å². The Balaban J connectivity index is 0.00000195. The van der Waals surface area contributed by atoms with E-state index in [2.05, 4.69) is 67.2 Å². The van der Waals surface area contributed by atoms with E-state index in [1.54, 1.807) is 0 Å². The van der Waals surface area contributed by atoms with Crippen molar-refractivity contribution in [3.05, 3.63) is 35.5 Å². The van der Waals surface area contributed by atoms with Gasteiger partial charge in [0.25, 0.3) is 0 Å². The Bertz CT molecular complexity index is 825. The van der Waals surface area contributed by atoms with Crippen LogP contribution in [0.25, 0.3) is 0 Å². The summed E-state index contributed by atoms with van der Waals surface area (Å²) in [6.07, 6.45) is 24.6. The molecule has 0 aromatic rings. The van der Waals surface area contributed by atoms with Gasteiger partial charge in [0, 0.05) is 0 Å². The fourth-order valence-electron chi connectivity index (χ4n) is 9.96. The molecule has 0 saturated heterocycles. The Morgan fingerprint density at radius 2 is 1.74 bits per heavy atom. The molecular weight excluding hydrogens is 456 g/mol. The summed E-state index contributed by atoms with van der Waals surface area (Å²) < 4.78 is 0. The van der Waals surface area contributed by atoms with Gasteiger partial charge in [-0.05, 0) is 137 Å². The van der Waals surface area contributed by atoms with E-state index in [0.29, 0.717) is 10.8 Å². The molecule has 0 aliphatic heterocycles. The van der Waals surface area contributed by atoms with Crippen LogP contribution in [0.2, 0.25) is 0 Å². The lowest BCUT2D eigenvalue weighted by Crippen LogP contribution is -2.50. The lowest BCUT2D eigenvalue weighted by Gasteiger charge is -2.58. The predicted molar refractivity (Wildman–Crippen MR) is 170 cm³/mol. The first-order valence-corrected chi connectivity index (χ1v) is 17.1. The third-order valence-electron chi connectivity index (χ3n) is 12.4. The van der Waals surface area contributed by atoms with Crippen molar-refractivity contribution in [3.63, 3.8) is 0 Å². The molecular formula is C38H66. The predicted octanol–water partition coefficient (Wildman–Crippen LogP) is 12.4. The van der Waals surface area contributed by atoms with E-state index in [0.717, 1.165) is 41.4 Å². The molecule has 4 aliphatic carbocycles. The Morgan fingerprint density at radius 3 is 2.42 bits per heavy atom. The van der Waals surface area contributed by atoms with E-state index in [9.17, 15) is 0 Å². The van der Waals surface area contributed by atoms with E-state index in [-0.39, 0.29) is 0 Å². The Kier molecular flexibility index (Phi) is 11.5. The van der Waals surface area contributed by atoms with E-state index in [4.69, 9.17) is 0 Å². The van der Waals surface area contributed by atoms with Crippen molar-refractivity contribution in [2.75, 3.05) is 0 Å². The molecule has 3 fully saturated rings. The number of fused-ring (bicyclic) bond motifs is 5. The van der Waals surface area contributed by atoms with Gasteiger partial charge in [-0.15, -0.1) is 0 Å². The molecule has 0 radical (unpaired) electrons. The summed E-state index contributed by atoms with van der Waals surface area (Å²) in [5.74, 6) is 6.49. The van der Waals surface area contributed by atoms with Crippen LogP contribution in [0.15, 0.2) is 35.5 Å². The van der Waals surface area contributed by atoms with Crippen LogP contribution < -0.4 is 0 Å². The molecule has 218 valence electrons. The second-order valence-electron chi connectivity index (χ2n) is 15.0. The van der Waals surface area contributed by atoms with Crippen molar-refractivity contribution in [2.45, 2.75) is 152 Å². The van der Waals surface area contributed by atoms with Gasteiger partial charge < -0.3 is 0 Å². The average Bonchev–Trinajstić information content (AvgIpc) is 3.25. The molecule has 0 heteroatoms. The molecule has 0 aromatic heterocycles. The Morgan fingerprint density at radius 1 is 1.00 bits per heavy atom. The van der Waals surface area contributed by atoms with Gasteiger partial charge in [0.05, 0.1) is 0 Å². The average molecular weight is 523 g/mol. The zero-order valence-corrected chi connectivity index (χ0v) is 27.3. The summed E-state index contributed by atoms with van der Waals surface area (Å²) in [6, 6.07) is 0. The van der Waals surface area contributed by atoms with Crippen molar-refractivity contribution >= 4 is 0 Å². The minimum atomic E-state index is 0.491. The van der Waals surface area contributed by atoms with Gasteiger partial charge in [0.1, 0.15) is 0 Å². The molecule has 0 amide bonds. The topological polar surface area (TPSA) is 0 Å².